The van der Waals surface area contributed by atoms with Gasteiger partial charge in [-0.05, 0) is 19.8 Å². The molecule has 0 spiro atoms. The molecule has 0 aliphatic carbocycles. The normalized spacial score (nSPS) is 15.3. The predicted octanol–water partition coefficient (Wildman–Crippen LogP) is 0.939. The molecule has 0 radical (unpaired) electrons. The van der Waals surface area contributed by atoms with Crippen LogP contribution in [0.4, 0.5) is 0 Å². The van der Waals surface area contributed by atoms with Gasteiger partial charge in [0.1, 0.15) is 5.54 Å². The van der Waals surface area contributed by atoms with E-state index < -0.39 is 11.5 Å². The van der Waals surface area contributed by atoms with Crippen molar-refractivity contribution in [3.05, 3.63) is 0 Å². The summed E-state index contributed by atoms with van der Waals surface area (Å²) >= 11 is 0. The highest BCUT2D eigenvalue weighted by Crippen LogP contribution is 2.04. The molecule has 4 nitrogen and oxygen atoms in total. The molecule has 4 heteroatoms. The average molecular weight is 203 g/mol. The molecular formula is C10H21NO3. The third-order valence-corrected chi connectivity index (χ3v) is 1.59. The maximum Gasteiger partial charge on any atom is 0.328 e. The molecule has 0 heterocycles. The van der Waals surface area contributed by atoms with Crippen LogP contribution in [0.15, 0.2) is 0 Å². The summed E-state index contributed by atoms with van der Waals surface area (Å²) < 4.78 is 10.1. The molecule has 0 saturated heterocycles. The Morgan fingerprint density at radius 3 is 2.50 bits per heavy atom. The fraction of sp³-hybridized carbons (Fsp3) is 0.900. The fourth-order valence-electron chi connectivity index (χ4n) is 0.862. The molecule has 1 unspecified atom stereocenters. The Kier molecular flexibility index (Phi) is 5.72. The van der Waals surface area contributed by atoms with Crippen LogP contribution in [-0.4, -0.2) is 31.3 Å². The SMILES string of the molecule is CCOC(=O)C(C)(N)COCC(C)C. The van der Waals surface area contributed by atoms with Gasteiger partial charge in [-0.1, -0.05) is 13.8 Å². The molecule has 0 saturated carbocycles. The largest absolute Gasteiger partial charge is 0.465 e. The summed E-state index contributed by atoms with van der Waals surface area (Å²) in [5, 5.41) is 0. The van der Waals surface area contributed by atoms with Crippen LogP contribution in [0.2, 0.25) is 0 Å². The van der Waals surface area contributed by atoms with Gasteiger partial charge in [-0.15, -0.1) is 0 Å². The van der Waals surface area contributed by atoms with Gasteiger partial charge in [0.05, 0.1) is 13.2 Å². The number of carbonyl (C=O) groups is 1. The van der Waals surface area contributed by atoms with E-state index in [1.165, 1.54) is 0 Å². The lowest BCUT2D eigenvalue weighted by Crippen LogP contribution is -2.50. The summed E-state index contributed by atoms with van der Waals surface area (Å²) in [6.45, 7) is 8.59. The summed E-state index contributed by atoms with van der Waals surface area (Å²) in [5.41, 5.74) is 4.70. The minimum Gasteiger partial charge on any atom is -0.465 e. The van der Waals surface area contributed by atoms with Crippen LogP contribution in [0, 0.1) is 5.92 Å². The van der Waals surface area contributed by atoms with Crippen LogP contribution in [0.25, 0.3) is 0 Å². The zero-order chi connectivity index (χ0) is 11.2. The lowest BCUT2D eigenvalue weighted by Gasteiger charge is -2.22. The van der Waals surface area contributed by atoms with Gasteiger partial charge >= 0.3 is 5.97 Å². The second kappa shape index (κ2) is 5.98. The molecule has 0 aliphatic rings. The molecule has 0 aromatic rings. The Labute approximate surface area is 85.8 Å². The zero-order valence-corrected chi connectivity index (χ0v) is 9.50. The first kappa shape index (κ1) is 13.4. The van der Waals surface area contributed by atoms with Crippen LogP contribution in [-0.2, 0) is 14.3 Å². The van der Waals surface area contributed by atoms with Gasteiger partial charge in [0.2, 0.25) is 0 Å². The fourth-order valence-corrected chi connectivity index (χ4v) is 0.862. The first-order valence-electron chi connectivity index (χ1n) is 4.94. The second-order valence-corrected chi connectivity index (χ2v) is 4.05. The number of hydrogen-bond acceptors (Lipinski definition) is 4. The summed E-state index contributed by atoms with van der Waals surface area (Å²) in [4.78, 5) is 11.3. The average Bonchev–Trinajstić information content (AvgIpc) is 2.03. The van der Waals surface area contributed by atoms with Crippen LogP contribution < -0.4 is 5.73 Å². The molecule has 0 aliphatic heterocycles. The smallest absolute Gasteiger partial charge is 0.328 e. The second-order valence-electron chi connectivity index (χ2n) is 4.05. The zero-order valence-electron chi connectivity index (χ0n) is 9.50. The van der Waals surface area contributed by atoms with E-state index in [1.54, 1.807) is 13.8 Å². The molecular weight excluding hydrogens is 182 g/mol. The number of nitrogens with two attached hydrogens (primary N) is 1. The standard InChI is InChI=1S/C10H21NO3/c1-5-14-9(12)10(4,11)7-13-6-8(2)3/h8H,5-7,11H2,1-4H3. The lowest BCUT2D eigenvalue weighted by atomic mass is 10.1. The van der Waals surface area contributed by atoms with Crippen molar-refractivity contribution >= 4 is 5.97 Å². The van der Waals surface area contributed by atoms with Crippen LogP contribution in [0.1, 0.15) is 27.7 Å². The first-order valence-corrected chi connectivity index (χ1v) is 4.94. The van der Waals surface area contributed by atoms with Crippen molar-refractivity contribution in [3.63, 3.8) is 0 Å². The molecule has 0 rings (SSSR count). The number of ether oxygens (including phenoxy) is 2. The van der Waals surface area contributed by atoms with E-state index in [9.17, 15) is 4.79 Å². The molecule has 1 atom stereocenters. The van der Waals surface area contributed by atoms with Gasteiger partial charge in [-0.3, -0.25) is 0 Å². The number of esters is 1. The summed E-state index contributed by atoms with van der Waals surface area (Å²) in [5.74, 6) is 0.0248. The highest BCUT2D eigenvalue weighted by atomic mass is 16.5. The minimum atomic E-state index is -1.04. The van der Waals surface area contributed by atoms with Crippen LogP contribution in [0.3, 0.4) is 0 Å². The third-order valence-electron chi connectivity index (χ3n) is 1.59. The van der Waals surface area contributed by atoms with E-state index in [2.05, 4.69) is 0 Å². The van der Waals surface area contributed by atoms with Crippen molar-refractivity contribution in [2.45, 2.75) is 33.2 Å². The van der Waals surface area contributed by atoms with Gasteiger partial charge in [0.15, 0.2) is 0 Å². The Morgan fingerprint density at radius 1 is 1.50 bits per heavy atom. The number of carbonyl (C=O) groups excluding carboxylic acids is 1. The van der Waals surface area contributed by atoms with E-state index in [0.29, 0.717) is 19.1 Å². The third kappa shape index (κ3) is 5.19. The summed E-state index contributed by atoms with van der Waals surface area (Å²) in [6, 6.07) is 0. The molecule has 84 valence electrons. The number of rotatable bonds is 6. The van der Waals surface area contributed by atoms with Gasteiger partial charge in [0, 0.05) is 6.61 Å². The van der Waals surface area contributed by atoms with Crippen molar-refractivity contribution in [1.29, 1.82) is 0 Å². The maximum atomic E-state index is 11.3. The van der Waals surface area contributed by atoms with Crippen molar-refractivity contribution in [3.8, 4) is 0 Å². The van der Waals surface area contributed by atoms with Gasteiger partial charge in [-0.2, -0.15) is 0 Å². The topological polar surface area (TPSA) is 61.5 Å². The number of hydrogen-bond donors (Lipinski definition) is 1. The molecule has 0 fully saturated rings. The van der Waals surface area contributed by atoms with E-state index >= 15 is 0 Å². The Bertz CT molecular complexity index is 178. The maximum absolute atomic E-state index is 11.3. The summed E-state index contributed by atoms with van der Waals surface area (Å²) in [7, 11) is 0. The quantitative estimate of drug-likeness (QED) is 0.653. The molecule has 0 amide bonds. The predicted molar refractivity (Wildman–Crippen MR) is 54.9 cm³/mol. The summed E-state index contributed by atoms with van der Waals surface area (Å²) in [6.07, 6.45) is 0. The van der Waals surface area contributed by atoms with E-state index in [0.717, 1.165) is 0 Å². The van der Waals surface area contributed by atoms with Crippen molar-refractivity contribution < 1.29 is 14.3 Å². The minimum absolute atomic E-state index is 0.198. The monoisotopic (exact) mass is 203 g/mol. The Hall–Kier alpha value is -0.610. The highest BCUT2D eigenvalue weighted by Gasteiger charge is 2.30. The van der Waals surface area contributed by atoms with Gasteiger partial charge in [-0.25, -0.2) is 4.79 Å². The lowest BCUT2D eigenvalue weighted by molar-refractivity contribution is -0.151. The molecule has 2 N–H and O–H groups in total. The Balaban J connectivity index is 3.87. The highest BCUT2D eigenvalue weighted by molar-refractivity contribution is 5.80. The molecule has 0 aromatic carbocycles. The van der Waals surface area contributed by atoms with Crippen LogP contribution >= 0.6 is 0 Å². The molecule has 0 aromatic heterocycles. The Morgan fingerprint density at radius 2 is 2.07 bits per heavy atom. The van der Waals surface area contributed by atoms with Crippen molar-refractivity contribution in [1.82, 2.24) is 0 Å². The van der Waals surface area contributed by atoms with Gasteiger partial charge < -0.3 is 15.2 Å². The van der Waals surface area contributed by atoms with Gasteiger partial charge in [0.25, 0.3) is 0 Å². The van der Waals surface area contributed by atoms with Crippen molar-refractivity contribution in [2.75, 3.05) is 19.8 Å². The van der Waals surface area contributed by atoms with E-state index in [-0.39, 0.29) is 6.61 Å². The van der Waals surface area contributed by atoms with E-state index in [1.807, 2.05) is 13.8 Å². The van der Waals surface area contributed by atoms with E-state index in [4.69, 9.17) is 15.2 Å². The first-order chi connectivity index (χ1) is 6.40. The van der Waals surface area contributed by atoms with Crippen LogP contribution in [0.5, 0.6) is 0 Å². The molecule has 14 heavy (non-hydrogen) atoms. The molecule has 0 bridgehead atoms. The van der Waals surface area contributed by atoms with Crippen molar-refractivity contribution in [2.24, 2.45) is 11.7 Å².